The quantitative estimate of drug-likeness (QED) is 0.373. The standard InChI is InChI=1S/C22H17NO6/c1-13-20(21(23-29-13)14-6-4-3-5-7-14)22(25)27-12-15-10-19(24)28-18-11-16(26-2)8-9-17(15)18/h3-11H,12H2,1-2H3. The molecule has 0 atom stereocenters. The van der Waals surface area contributed by atoms with E-state index in [1.165, 1.54) is 13.2 Å². The molecule has 2 aromatic heterocycles. The molecule has 29 heavy (non-hydrogen) atoms. The van der Waals surface area contributed by atoms with Crippen LogP contribution in [0, 0.1) is 6.92 Å². The minimum atomic E-state index is -0.586. The Bertz CT molecular complexity index is 1240. The van der Waals surface area contributed by atoms with Gasteiger partial charge in [0.1, 0.15) is 35.0 Å². The lowest BCUT2D eigenvalue weighted by Crippen LogP contribution is -2.09. The molecule has 146 valence electrons. The van der Waals surface area contributed by atoms with E-state index in [9.17, 15) is 9.59 Å². The number of benzene rings is 2. The number of fused-ring (bicyclic) bond motifs is 1. The van der Waals surface area contributed by atoms with Gasteiger partial charge in [-0.2, -0.15) is 0 Å². The highest BCUT2D eigenvalue weighted by Gasteiger charge is 2.23. The first kappa shape index (κ1) is 18.5. The average Bonchev–Trinajstić information content (AvgIpc) is 3.13. The van der Waals surface area contributed by atoms with Crippen molar-refractivity contribution >= 4 is 16.9 Å². The maximum absolute atomic E-state index is 12.8. The molecule has 0 saturated carbocycles. The first-order chi connectivity index (χ1) is 14.1. The molecule has 0 unspecified atom stereocenters. The van der Waals surface area contributed by atoms with Crippen molar-refractivity contribution in [2.45, 2.75) is 13.5 Å². The first-order valence-corrected chi connectivity index (χ1v) is 8.86. The molecule has 0 saturated heterocycles. The molecule has 0 N–H and O–H groups in total. The fraction of sp³-hybridized carbons (Fsp3) is 0.136. The zero-order valence-electron chi connectivity index (χ0n) is 15.8. The Hall–Kier alpha value is -3.87. The number of methoxy groups -OCH3 is 1. The minimum absolute atomic E-state index is 0.105. The molecule has 0 aliphatic heterocycles. The second-order valence-corrected chi connectivity index (χ2v) is 6.36. The molecule has 7 nitrogen and oxygen atoms in total. The highest BCUT2D eigenvalue weighted by Crippen LogP contribution is 2.27. The molecule has 0 fully saturated rings. The Morgan fingerprint density at radius 3 is 2.66 bits per heavy atom. The highest BCUT2D eigenvalue weighted by atomic mass is 16.5. The number of aryl methyl sites for hydroxylation is 1. The van der Waals surface area contributed by atoms with E-state index >= 15 is 0 Å². The molecule has 0 aliphatic rings. The monoisotopic (exact) mass is 391 g/mol. The van der Waals surface area contributed by atoms with Crippen LogP contribution in [0.1, 0.15) is 21.7 Å². The maximum atomic E-state index is 12.8. The van der Waals surface area contributed by atoms with Crippen LogP contribution in [0.2, 0.25) is 0 Å². The van der Waals surface area contributed by atoms with Gasteiger partial charge in [0.25, 0.3) is 0 Å². The van der Waals surface area contributed by atoms with Gasteiger partial charge in [0.2, 0.25) is 0 Å². The third kappa shape index (κ3) is 3.62. The van der Waals surface area contributed by atoms with Crippen LogP contribution in [0.3, 0.4) is 0 Å². The van der Waals surface area contributed by atoms with Crippen LogP contribution in [0.25, 0.3) is 22.2 Å². The lowest BCUT2D eigenvalue weighted by Gasteiger charge is -2.08. The van der Waals surface area contributed by atoms with Crippen molar-refractivity contribution in [3.05, 3.63) is 81.9 Å². The highest BCUT2D eigenvalue weighted by molar-refractivity contribution is 5.97. The summed E-state index contributed by atoms with van der Waals surface area (Å²) in [5.74, 6) is 0.330. The van der Waals surface area contributed by atoms with Crippen molar-refractivity contribution < 1.29 is 23.2 Å². The van der Waals surface area contributed by atoms with Crippen LogP contribution < -0.4 is 10.4 Å². The molecule has 0 aliphatic carbocycles. The van der Waals surface area contributed by atoms with Crippen molar-refractivity contribution in [1.82, 2.24) is 5.16 Å². The average molecular weight is 391 g/mol. The largest absolute Gasteiger partial charge is 0.497 e. The zero-order chi connectivity index (χ0) is 20.4. The molecular formula is C22H17NO6. The summed E-state index contributed by atoms with van der Waals surface area (Å²) < 4.78 is 21.1. The number of rotatable bonds is 5. The summed E-state index contributed by atoms with van der Waals surface area (Å²) in [6, 6.07) is 15.6. The van der Waals surface area contributed by atoms with Crippen LogP contribution in [0.15, 0.2) is 68.3 Å². The van der Waals surface area contributed by atoms with E-state index in [4.69, 9.17) is 18.4 Å². The van der Waals surface area contributed by atoms with Crippen molar-refractivity contribution in [3.8, 4) is 17.0 Å². The molecule has 0 radical (unpaired) electrons. The van der Waals surface area contributed by atoms with E-state index in [1.54, 1.807) is 25.1 Å². The Kier molecular flexibility index (Phi) is 4.87. The fourth-order valence-corrected chi connectivity index (χ4v) is 3.08. The number of carbonyl (C=O) groups excluding carboxylic acids is 1. The van der Waals surface area contributed by atoms with Gasteiger partial charge >= 0.3 is 11.6 Å². The van der Waals surface area contributed by atoms with Gasteiger partial charge < -0.3 is 18.4 Å². The molecule has 7 heteroatoms. The lowest BCUT2D eigenvalue weighted by molar-refractivity contribution is 0.0472. The summed E-state index contributed by atoms with van der Waals surface area (Å²) in [4.78, 5) is 24.7. The molecule has 0 bridgehead atoms. The van der Waals surface area contributed by atoms with E-state index in [0.717, 1.165) is 5.56 Å². The summed E-state index contributed by atoms with van der Waals surface area (Å²) in [5, 5.41) is 4.65. The maximum Gasteiger partial charge on any atom is 0.344 e. The Morgan fingerprint density at radius 2 is 1.90 bits per heavy atom. The van der Waals surface area contributed by atoms with E-state index in [1.807, 2.05) is 30.3 Å². The summed E-state index contributed by atoms with van der Waals surface area (Å²) >= 11 is 0. The SMILES string of the molecule is COc1ccc2c(COC(=O)c3c(-c4ccccc4)noc3C)cc(=O)oc2c1. The van der Waals surface area contributed by atoms with Gasteiger partial charge in [-0.3, -0.25) is 0 Å². The zero-order valence-corrected chi connectivity index (χ0v) is 15.8. The topological polar surface area (TPSA) is 91.8 Å². The second kappa shape index (κ2) is 7.63. The third-order valence-corrected chi connectivity index (χ3v) is 4.51. The molecule has 2 aromatic carbocycles. The van der Waals surface area contributed by atoms with Crippen molar-refractivity contribution in [2.24, 2.45) is 0 Å². The van der Waals surface area contributed by atoms with Gasteiger partial charge in [0.15, 0.2) is 0 Å². The predicted molar refractivity (Wildman–Crippen MR) is 105 cm³/mol. The lowest BCUT2D eigenvalue weighted by atomic mass is 10.1. The Labute approximate surface area is 165 Å². The van der Waals surface area contributed by atoms with E-state index in [0.29, 0.717) is 33.7 Å². The van der Waals surface area contributed by atoms with Crippen molar-refractivity contribution in [1.29, 1.82) is 0 Å². The minimum Gasteiger partial charge on any atom is -0.497 e. The van der Waals surface area contributed by atoms with Gasteiger partial charge in [0, 0.05) is 28.6 Å². The number of esters is 1. The first-order valence-electron chi connectivity index (χ1n) is 8.86. The summed E-state index contributed by atoms with van der Waals surface area (Å²) in [7, 11) is 1.52. The van der Waals surface area contributed by atoms with Gasteiger partial charge in [0.05, 0.1) is 7.11 Å². The van der Waals surface area contributed by atoms with Gasteiger partial charge in [-0.15, -0.1) is 0 Å². The second-order valence-electron chi connectivity index (χ2n) is 6.36. The van der Waals surface area contributed by atoms with E-state index < -0.39 is 11.6 Å². The normalized spacial score (nSPS) is 10.8. The number of carbonyl (C=O) groups is 1. The third-order valence-electron chi connectivity index (χ3n) is 4.51. The molecular weight excluding hydrogens is 374 g/mol. The Morgan fingerprint density at radius 1 is 1.10 bits per heavy atom. The number of nitrogens with zero attached hydrogens (tertiary/aromatic N) is 1. The van der Waals surface area contributed by atoms with Gasteiger partial charge in [-0.25, -0.2) is 9.59 Å². The van der Waals surface area contributed by atoms with Crippen LogP contribution >= 0.6 is 0 Å². The number of ether oxygens (including phenoxy) is 2. The molecule has 2 heterocycles. The fourth-order valence-electron chi connectivity index (χ4n) is 3.08. The van der Waals surface area contributed by atoms with E-state index in [2.05, 4.69) is 5.16 Å². The van der Waals surface area contributed by atoms with E-state index in [-0.39, 0.29) is 12.2 Å². The van der Waals surface area contributed by atoms with Gasteiger partial charge in [-0.05, 0) is 19.1 Å². The number of aromatic nitrogens is 1. The summed E-state index contributed by atoms with van der Waals surface area (Å²) in [6.45, 7) is 1.54. The molecule has 0 spiro atoms. The van der Waals surface area contributed by atoms with Crippen LogP contribution in [-0.2, 0) is 11.3 Å². The Balaban J connectivity index is 1.63. The predicted octanol–water partition coefficient (Wildman–Crippen LogP) is 4.12. The molecule has 0 amide bonds. The number of hydrogen-bond donors (Lipinski definition) is 0. The van der Waals surface area contributed by atoms with Crippen LogP contribution in [0.4, 0.5) is 0 Å². The summed E-state index contributed by atoms with van der Waals surface area (Å²) in [5.41, 5.74) is 1.76. The summed E-state index contributed by atoms with van der Waals surface area (Å²) in [6.07, 6.45) is 0. The molecule has 4 rings (SSSR count). The smallest absolute Gasteiger partial charge is 0.344 e. The van der Waals surface area contributed by atoms with Crippen LogP contribution in [-0.4, -0.2) is 18.2 Å². The van der Waals surface area contributed by atoms with Crippen molar-refractivity contribution in [3.63, 3.8) is 0 Å². The molecule has 4 aromatic rings. The van der Waals surface area contributed by atoms with Gasteiger partial charge in [-0.1, -0.05) is 35.5 Å². The van der Waals surface area contributed by atoms with Crippen molar-refractivity contribution in [2.75, 3.05) is 7.11 Å². The number of hydrogen-bond acceptors (Lipinski definition) is 7. The van der Waals surface area contributed by atoms with Crippen LogP contribution in [0.5, 0.6) is 5.75 Å².